The lowest BCUT2D eigenvalue weighted by atomic mass is 9.84. The Morgan fingerprint density at radius 3 is 2.55 bits per heavy atom. The van der Waals surface area contributed by atoms with E-state index in [1.54, 1.807) is 10.8 Å². The number of hydrogen-bond donors (Lipinski definition) is 1. The van der Waals surface area contributed by atoms with Gasteiger partial charge < -0.3 is 9.47 Å². The maximum Gasteiger partial charge on any atom is 0.267 e. The zero-order chi connectivity index (χ0) is 21.3. The number of amides is 1. The number of nitrogens with one attached hydrogen (secondary N) is 1. The van der Waals surface area contributed by atoms with Crippen LogP contribution in [-0.2, 0) is 10.0 Å². The number of benzene rings is 1. The molecule has 1 saturated carbocycles. The highest BCUT2D eigenvalue weighted by Crippen LogP contribution is 2.37. The van der Waals surface area contributed by atoms with E-state index in [1.165, 1.54) is 13.3 Å². The van der Waals surface area contributed by atoms with Gasteiger partial charge in [0.25, 0.3) is 5.91 Å². The van der Waals surface area contributed by atoms with Crippen LogP contribution in [0.1, 0.15) is 30.1 Å². The summed E-state index contributed by atoms with van der Waals surface area (Å²) in [5, 5.41) is 0.267. The summed E-state index contributed by atoms with van der Waals surface area (Å²) in [5.74, 6) is -1.11. The van der Waals surface area contributed by atoms with Crippen molar-refractivity contribution in [2.45, 2.75) is 25.9 Å². The van der Waals surface area contributed by atoms with E-state index in [1.807, 2.05) is 0 Å². The number of methoxy groups -OCH3 is 1. The van der Waals surface area contributed by atoms with Crippen molar-refractivity contribution < 1.29 is 27.1 Å². The number of carbonyl (C=O) groups excluding carboxylic acids is 1. The minimum absolute atomic E-state index is 0.0745. The molecule has 1 fully saturated rings. The topological polar surface area (TPSA) is 94.6 Å². The van der Waals surface area contributed by atoms with E-state index < -0.39 is 27.3 Å². The first-order valence-corrected chi connectivity index (χ1v) is 11.1. The number of sulfonamides is 1. The van der Waals surface area contributed by atoms with Gasteiger partial charge in [0.2, 0.25) is 15.9 Å². The smallest absolute Gasteiger partial charge is 0.267 e. The van der Waals surface area contributed by atoms with Crippen molar-refractivity contribution in [1.29, 1.82) is 0 Å². The monoisotopic (exact) mass is 442 g/mol. The summed E-state index contributed by atoms with van der Waals surface area (Å²) in [5.41, 5.74) is 0.294. The van der Waals surface area contributed by atoms with E-state index in [0.717, 1.165) is 31.2 Å². The molecule has 2 aromatic rings. The molecule has 1 aromatic carbocycles. The third-order valence-electron chi connectivity index (χ3n) is 4.73. The summed E-state index contributed by atoms with van der Waals surface area (Å²) >= 11 is 6.29. The van der Waals surface area contributed by atoms with E-state index in [0.29, 0.717) is 22.9 Å². The molecule has 0 unspecified atom stereocenters. The van der Waals surface area contributed by atoms with E-state index in [2.05, 4.69) is 11.9 Å². The molecule has 1 heterocycles. The van der Waals surface area contributed by atoms with Crippen molar-refractivity contribution in [3.63, 3.8) is 0 Å². The first-order chi connectivity index (χ1) is 13.6. The molecule has 1 aliphatic rings. The third-order valence-corrected chi connectivity index (χ3v) is 5.56. The standard InChI is InChI=1S/C19H20ClFN2O5S/c1-10-4-5-16(10)28-19-14(20)6-11(9-22-19)12-7-15(21)13(8-17(12)27-2)18(24)23-29(3,25)26/h6-10,16H,4-5H2,1-3H3,(H,23,24)/t10-,16-/m0/s1. The molecule has 0 saturated heterocycles. The predicted octanol–water partition coefficient (Wildman–Crippen LogP) is 3.42. The maximum atomic E-state index is 14.5. The number of aromatic nitrogens is 1. The highest BCUT2D eigenvalue weighted by Gasteiger charge is 2.29. The second kappa shape index (κ2) is 8.16. The molecule has 29 heavy (non-hydrogen) atoms. The Bertz CT molecular complexity index is 1060. The van der Waals surface area contributed by atoms with E-state index in [4.69, 9.17) is 21.1 Å². The highest BCUT2D eigenvalue weighted by molar-refractivity contribution is 7.89. The van der Waals surface area contributed by atoms with Crippen LogP contribution >= 0.6 is 11.6 Å². The molecular weight excluding hydrogens is 423 g/mol. The Morgan fingerprint density at radius 1 is 1.31 bits per heavy atom. The van der Waals surface area contributed by atoms with Gasteiger partial charge in [0.15, 0.2) is 0 Å². The molecule has 1 aromatic heterocycles. The lowest BCUT2D eigenvalue weighted by Gasteiger charge is -2.33. The number of ether oxygens (including phenoxy) is 2. The van der Waals surface area contributed by atoms with E-state index in [9.17, 15) is 17.6 Å². The number of halogens is 2. The van der Waals surface area contributed by atoms with Gasteiger partial charge in [0, 0.05) is 17.3 Å². The van der Waals surface area contributed by atoms with Gasteiger partial charge in [0.05, 0.1) is 18.9 Å². The van der Waals surface area contributed by atoms with Crippen molar-refractivity contribution in [2.75, 3.05) is 13.4 Å². The second-order valence-electron chi connectivity index (χ2n) is 6.96. The van der Waals surface area contributed by atoms with Crippen molar-refractivity contribution in [1.82, 2.24) is 9.71 Å². The van der Waals surface area contributed by atoms with Crippen LogP contribution in [0, 0.1) is 11.7 Å². The Morgan fingerprint density at radius 2 is 2.03 bits per heavy atom. The summed E-state index contributed by atoms with van der Waals surface area (Å²) < 4.78 is 49.8. The summed E-state index contributed by atoms with van der Waals surface area (Å²) in [4.78, 5) is 16.3. The van der Waals surface area contributed by atoms with Crippen molar-refractivity contribution in [2.24, 2.45) is 5.92 Å². The van der Waals surface area contributed by atoms with Crippen LogP contribution in [-0.4, -0.2) is 38.8 Å². The highest BCUT2D eigenvalue weighted by atomic mass is 35.5. The van der Waals surface area contributed by atoms with Crippen molar-refractivity contribution in [3.05, 3.63) is 40.8 Å². The van der Waals surface area contributed by atoms with Gasteiger partial charge in [0.1, 0.15) is 22.7 Å². The largest absolute Gasteiger partial charge is 0.496 e. The van der Waals surface area contributed by atoms with Gasteiger partial charge >= 0.3 is 0 Å². The molecule has 7 nitrogen and oxygen atoms in total. The molecule has 3 rings (SSSR count). The fraction of sp³-hybridized carbons (Fsp3) is 0.368. The molecule has 0 spiro atoms. The summed E-state index contributed by atoms with van der Waals surface area (Å²) in [7, 11) is -2.49. The van der Waals surface area contributed by atoms with Crippen LogP contribution in [0.25, 0.3) is 11.1 Å². The molecule has 2 atom stereocenters. The molecule has 10 heteroatoms. The molecule has 1 amide bonds. The molecular formula is C19H20ClFN2O5S. The molecule has 0 bridgehead atoms. The van der Waals surface area contributed by atoms with Gasteiger partial charge in [-0.05, 0) is 37.0 Å². The minimum atomic E-state index is -3.84. The minimum Gasteiger partial charge on any atom is -0.496 e. The van der Waals surface area contributed by atoms with E-state index >= 15 is 0 Å². The Balaban J connectivity index is 1.93. The number of hydrogen-bond acceptors (Lipinski definition) is 6. The number of nitrogens with zero attached hydrogens (tertiary/aromatic N) is 1. The van der Waals surface area contributed by atoms with Crippen molar-refractivity contribution >= 4 is 27.5 Å². The normalized spacial score (nSPS) is 18.7. The molecule has 0 radical (unpaired) electrons. The Hall–Kier alpha value is -2.39. The number of pyridine rings is 1. The summed E-state index contributed by atoms with van der Waals surface area (Å²) in [6.07, 6.45) is 4.38. The van der Waals surface area contributed by atoms with Gasteiger partial charge in [-0.1, -0.05) is 18.5 Å². The maximum absolute atomic E-state index is 14.5. The molecule has 0 aliphatic heterocycles. The average Bonchev–Trinajstić information content (AvgIpc) is 2.64. The Kier molecular flexibility index (Phi) is 6.00. The SMILES string of the molecule is COc1cc(C(=O)NS(C)(=O)=O)c(F)cc1-c1cnc(O[C@H]2CC[C@@H]2C)c(Cl)c1. The summed E-state index contributed by atoms with van der Waals surface area (Å²) in [6.45, 7) is 2.09. The fourth-order valence-electron chi connectivity index (χ4n) is 2.96. The Labute approximate surface area is 173 Å². The van der Waals surface area contributed by atoms with Crippen LogP contribution in [0.15, 0.2) is 24.4 Å². The predicted molar refractivity (Wildman–Crippen MR) is 106 cm³/mol. The quantitative estimate of drug-likeness (QED) is 0.736. The van der Waals surface area contributed by atoms with Crippen LogP contribution in [0.5, 0.6) is 11.6 Å². The lowest BCUT2D eigenvalue weighted by molar-refractivity contribution is 0.0536. The number of rotatable bonds is 6. The fourth-order valence-corrected chi connectivity index (χ4v) is 3.62. The van der Waals surface area contributed by atoms with Crippen LogP contribution in [0.3, 0.4) is 0 Å². The first-order valence-electron chi connectivity index (χ1n) is 8.81. The van der Waals surface area contributed by atoms with Gasteiger partial charge in [-0.25, -0.2) is 22.5 Å². The first kappa shape index (κ1) is 21.3. The van der Waals surface area contributed by atoms with Gasteiger partial charge in [-0.15, -0.1) is 0 Å². The van der Waals surface area contributed by atoms with Crippen LogP contribution < -0.4 is 14.2 Å². The zero-order valence-electron chi connectivity index (χ0n) is 16.0. The third kappa shape index (κ3) is 4.79. The second-order valence-corrected chi connectivity index (χ2v) is 9.11. The number of carbonyl (C=O) groups is 1. The lowest BCUT2D eigenvalue weighted by Crippen LogP contribution is -2.34. The zero-order valence-corrected chi connectivity index (χ0v) is 17.6. The van der Waals surface area contributed by atoms with Gasteiger partial charge in [-0.2, -0.15) is 0 Å². The van der Waals surface area contributed by atoms with Crippen molar-refractivity contribution in [3.8, 4) is 22.8 Å². The van der Waals surface area contributed by atoms with Crippen LogP contribution in [0.4, 0.5) is 4.39 Å². The molecule has 1 aliphatic carbocycles. The van der Waals surface area contributed by atoms with Crippen LogP contribution in [0.2, 0.25) is 5.02 Å². The van der Waals surface area contributed by atoms with Gasteiger partial charge in [-0.3, -0.25) is 4.79 Å². The van der Waals surface area contributed by atoms with E-state index in [-0.39, 0.29) is 16.9 Å². The molecule has 1 N–H and O–H groups in total. The average molecular weight is 443 g/mol. The molecule has 156 valence electrons. The summed E-state index contributed by atoms with van der Waals surface area (Å²) in [6, 6.07) is 3.76.